The molecule has 9 heteroatoms. The molecule has 2 aromatic carbocycles. The standard InChI is InChI=1S/C21H19F3N4OS/c1-30-17-10-6-5-9-14(17)26-20(29)16-12-19-25-15(13-7-3-2-4-8-13)11-18(21(22,23)24)28(19)27-16/h2-10,12,15,18,25H,11H2,1H3,(H,26,29)/t15-,18+/m1/s1. The maximum Gasteiger partial charge on any atom is 0.410 e. The summed E-state index contributed by atoms with van der Waals surface area (Å²) < 4.78 is 42.2. The second-order valence-corrected chi connectivity index (χ2v) is 7.76. The van der Waals surface area contributed by atoms with Gasteiger partial charge in [0.1, 0.15) is 5.82 Å². The van der Waals surface area contributed by atoms with Gasteiger partial charge in [-0.2, -0.15) is 18.3 Å². The van der Waals surface area contributed by atoms with E-state index >= 15 is 0 Å². The minimum Gasteiger partial charge on any atom is -0.363 e. The highest BCUT2D eigenvalue weighted by Crippen LogP contribution is 2.43. The molecule has 2 heterocycles. The van der Waals surface area contributed by atoms with Crippen LogP contribution < -0.4 is 10.6 Å². The van der Waals surface area contributed by atoms with E-state index in [4.69, 9.17) is 0 Å². The van der Waals surface area contributed by atoms with Crippen LogP contribution in [0.5, 0.6) is 0 Å². The van der Waals surface area contributed by atoms with Crippen molar-refractivity contribution < 1.29 is 18.0 Å². The molecular weight excluding hydrogens is 413 g/mol. The molecule has 0 unspecified atom stereocenters. The molecule has 0 saturated heterocycles. The van der Waals surface area contributed by atoms with Crippen molar-refractivity contribution in [3.05, 3.63) is 71.9 Å². The molecule has 30 heavy (non-hydrogen) atoms. The number of nitrogens with one attached hydrogen (secondary N) is 2. The Morgan fingerprint density at radius 2 is 1.87 bits per heavy atom. The lowest BCUT2D eigenvalue weighted by Crippen LogP contribution is -2.35. The number of anilines is 2. The van der Waals surface area contributed by atoms with Crippen molar-refractivity contribution in [1.82, 2.24) is 9.78 Å². The summed E-state index contributed by atoms with van der Waals surface area (Å²) in [6.07, 6.45) is -2.82. The van der Waals surface area contributed by atoms with Gasteiger partial charge in [0, 0.05) is 17.4 Å². The summed E-state index contributed by atoms with van der Waals surface area (Å²) in [7, 11) is 0. The molecule has 0 fully saturated rings. The first-order valence-electron chi connectivity index (χ1n) is 9.29. The van der Waals surface area contributed by atoms with Gasteiger partial charge < -0.3 is 10.6 Å². The smallest absolute Gasteiger partial charge is 0.363 e. The van der Waals surface area contributed by atoms with E-state index in [1.807, 2.05) is 24.5 Å². The fourth-order valence-corrected chi connectivity index (χ4v) is 4.08. The number of alkyl halides is 3. The van der Waals surface area contributed by atoms with E-state index in [-0.39, 0.29) is 17.9 Å². The zero-order chi connectivity index (χ0) is 21.3. The topological polar surface area (TPSA) is 59.0 Å². The zero-order valence-electron chi connectivity index (χ0n) is 16.0. The molecule has 4 rings (SSSR count). The summed E-state index contributed by atoms with van der Waals surface area (Å²) in [5.74, 6) is -0.391. The Morgan fingerprint density at radius 1 is 1.17 bits per heavy atom. The van der Waals surface area contributed by atoms with Gasteiger partial charge in [0.15, 0.2) is 11.7 Å². The molecule has 0 spiro atoms. The molecule has 1 aromatic heterocycles. The second kappa shape index (κ2) is 8.06. The van der Waals surface area contributed by atoms with Gasteiger partial charge in [-0.05, 0) is 24.0 Å². The van der Waals surface area contributed by atoms with Crippen molar-refractivity contribution in [2.45, 2.75) is 29.6 Å². The predicted molar refractivity (Wildman–Crippen MR) is 111 cm³/mol. The second-order valence-electron chi connectivity index (χ2n) is 6.91. The first-order chi connectivity index (χ1) is 14.4. The number of para-hydroxylation sites is 1. The number of amides is 1. The molecule has 156 valence electrons. The number of hydrogen-bond donors (Lipinski definition) is 2. The first kappa shape index (κ1) is 20.3. The maximum atomic E-state index is 13.8. The van der Waals surface area contributed by atoms with E-state index in [2.05, 4.69) is 15.7 Å². The number of carbonyl (C=O) groups is 1. The highest BCUT2D eigenvalue weighted by atomic mass is 32.2. The third-order valence-corrected chi connectivity index (χ3v) is 5.78. The highest BCUT2D eigenvalue weighted by molar-refractivity contribution is 7.98. The fourth-order valence-electron chi connectivity index (χ4n) is 3.52. The van der Waals surface area contributed by atoms with E-state index in [0.29, 0.717) is 5.69 Å². The lowest BCUT2D eigenvalue weighted by molar-refractivity contribution is -0.173. The van der Waals surface area contributed by atoms with E-state index in [9.17, 15) is 18.0 Å². The number of fused-ring (bicyclic) bond motifs is 1. The van der Waals surface area contributed by atoms with Crippen LogP contribution in [0.3, 0.4) is 0 Å². The van der Waals surface area contributed by atoms with Crippen molar-refractivity contribution in [2.24, 2.45) is 0 Å². The number of aromatic nitrogens is 2. The van der Waals surface area contributed by atoms with Crippen LogP contribution in [0.15, 0.2) is 65.6 Å². The molecule has 1 aliphatic rings. The van der Waals surface area contributed by atoms with Crippen LogP contribution in [0.2, 0.25) is 0 Å². The molecule has 5 nitrogen and oxygen atoms in total. The number of benzene rings is 2. The fraction of sp³-hybridized carbons (Fsp3) is 0.238. The lowest BCUT2D eigenvalue weighted by atomic mass is 9.97. The highest BCUT2D eigenvalue weighted by Gasteiger charge is 2.46. The number of hydrogen-bond acceptors (Lipinski definition) is 4. The Labute approximate surface area is 175 Å². The van der Waals surface area contributed by atoms with Crippen molar-refractivity contribution in [1.29, 1.82) is 0 Å². The molecular formula is C21H19F3N4OS. The van der Waals surface area contributed by atoms with Gasteiger partial charge in [0.05, 0.1) is 11.7 Å². The van der Waals surface area contributed by atoms with Crippen LogP contribution in [-0.4, -0.2) is 28.1 Å². The van der Waals surface area contributed by atoms with Gasteiger partial charge in [0.25, 0.3) is 5.91 Å². The zero-order valence-corrected chi connectivity index (χ0v) is 16.8. The third-order valence-electron chi connectivity index (χ3n) is 4.98. The van der Waals surface area contributed by atoms with Crippen LogP contribution in [0.1, 0.15) is 34.6 Å². The molecule has 3 aromatic rings. The summed E-state index contributed by atoms with van der Waals surface area (Å²) in [6, 6.07) is 15.2. The molecule has 2 N–H and O–H groups in total. The number of rotatable bonds is 4. The Morgan fingerprint density at radius 3 is 2.57 bits per heavy atom. The number of carbonyl (C=O) groups excluding carboxylic acids is 1. The van der Waals surface area contributed by atoms with E-state index in [1.165, 1.54) is 17.8 Å². The Kier molecular flexibility index (Phi) is 5.46. The minimum atomic E-state index is -4.49. The lowest BCUT2D eigenvalue weighted by Gasteiger charge is -2.33. The monoisotopic (exact) mass is 432 g/mol. The van der Waals surface area contributed by atoms with Crippen molar-refractivity contribution >= 4 is 29.2 Å². The van der Waals surface area contributed by atoms with Crippen LogP contribution in [-0.2, 0) is 0 Å². The van der Waals surface area contributed by atoms with Crippen LogP contribution >= 0.6 is 11.8 Å². The summed E-state index contributed by atoms with van der Waals surface area (Å²) in [5.41, 5.74) is 1.26. The van der Waals surface area contributed by atoms with E-state index < -0.39 is 24.2 Å². The summed E-state index contributed by atoms with van der Waals surface area (Å²) >= 11 is 1.46. The summed E-state index contributed by atoms with van der Waals surface area (Å²) in [5, 5.41) is 9.83. The van der Waals surface area contributed by atoms with Crippen molar-refractivity contribution in [3.63, 3.8) is 0 Å². The summed E-state index contributed by atoms with van der Waals surface area (Å²) in [4.78, 5) is 13.6. The largest absolute Gasteiger partial charge is 0.410 e. The molecule has 0 radical (unpaired) electrons. The van der Waals surface area contributed by atoms with Crippen LogP contribution in [0.4, 0.5) is 24.7 Å². The third kappa shape index (κ3) is 4.02. The maximum absolute atomic E-state index is 13.8. The average molecular weight is 432 g/mol. The van der Waals surface area contributed by atoms with Gasteiger partial charge in [-0.3, -0.25) is 4.79 Å². The van der Waals surface area contributed by atoms with Gasteiger partial charge in [-0.15, -0.1) is 11.8 Å². The van der Waals surface area contributed by atoms with Crippen LogP contribution in [0.25, 0.3) is 0 Å². The Balaban J connectivity index is 1.65. The SMILES string of the molecule is CSc1ccccc1NC(=O)c1cc2n(n1)[C@H](C(F)(F)F)C[C@H](c1ccccc1)N2. The van der Waals surface area contributed by atoms with Gasteiger partial charge in [-0.1, -0.05) is 42.5 Å². The molecule has 0 saturated carbocycles. The van der Waals surface area contributed by atoms with Crippen molar-refractivity contribution in [2.75, 3.05) is 16.9 Å². The predicted octanol–water partition coefficient (Wildman–Crippen LogP) is 5.52. The number of thioether (sulfide) groups is 1. The molecule has 1 amide bonds. The molecule has 0 bridgehead atoms. The van der Waals surface area contributed by atoms with Gasteiger partial charge in [-0.25, -0.2) is 4.68 Å². The molecule has 0 aliphatic carbocycles. The average Bonchev–Trinajstić information content (AvgIpc) is 3.17. The van der Waals surface area contributed by atoms with Crippen molar-refractivity contribution in [3.8, 4) is 0 Å². The molecule has 2 atom stereocenters. The minimum absolute atomic E-state index is 0.0728. The first-order valence-corrected chi connectivity index (χ1v) is 10.5. The van der Waals surface area contributed by atoms with E-state index in [1.54, 1.807) is 36.4 Å². The number of nitrogens with zero attached hydrogens (tertiary/aromatic N) is 2. The Bertz CT molecular complexity index is 1050. The van der Waals surface area contributed by atoms with E-state index in [0.717, 1.165) is 15.1 Å². The Hall–Kier alpha value is -2.94. The molecule has 1 aliphatic heterocycles. The van der Waals surface area contributed by atoms with Gasteiger partial charge in [0.2, 0.25) is 0 Å². The normalized spacial score (nSPS) is 18.4. The van der Waals surface area contributed by atoms with Gasteiger partial charge >= 0.3 is 6.18 Å². The van der Waals surface area contributed by atoms with Crippen LogP contribution in [0, 0.1) is 0 Å². The summed E-state index contributed by atoms with van der Waals surface area (Å²) in [6.45, 7) is 0. The number of halogens is 3. The quantitative estimate of drug-likeness (QED) is 0.533.